The molecule has 1 amide bonds. The molecule has 0 saturated carbocycles. The number of nitrogens with one attached hydrogen (secondary N) is 1. The van der Waals surface area contributed by atoms with Crippen LogP contribution in [0, 0.1) is 6.92 Å². The van der Waals surface area contributed by atoms with Crippen LogP contribution in [-0.4, -0.2) is 25.7 Å². The van der Waals surface area contributed by atoms with Gasteiger partial charge in [0.2, 0.25) is 5.91 Å². The number of benzene rings is 1. The molecule has 22 heavy (non-hydrogen) atoms. The number of aryl methyl sites for hydroxylation is 1. The topological polar surface area (TPSA) is 73.6 Å². The van der Waals surface area contributed by atoms with Crippen molar-refractivity contribution >= 4 is 5.91 Å². The van der Waals surface area contributed by atoms with Crippen LogP contribution in [0.5, 0.6) is 11.5 Å². The van der Waals surface area contributed by atoms with Crippen molar-refractivity contribution in [2.45, 2.75) is 52.1 Å². The molecule has 2 unspecified atom stereocenters. The number of ether oxygens (including phenoxy) is 2. The van der Waals surface area contributed by atoms with Crippen molar-refractivity contribution in [2.75, 3.05) is 14.2 Å². The Morgan fingerprint density at radius 2 is 1.86 bits per heavy atom. The average Bonchev–Trinajstić information content (AvgIpc) is 2.46. The summed E-state index contributed by atoms with van der Waals surface area (Å²) in [6, 6.07) is 3.64. The molecule has 0 aliphatic carbocycles. The number of hydrogen-bond acceptors (Lipinski definition) is 4. The molecular formula is C17H28N2O3. The fourth-order valence-electron chi connectivity index (χ4n) is 2.53. The van der Waals surface area contributed by atoms with Gasteiger partial charge in [-0.15, -0.1) is 0 Å². The molecule has 5 heteroatoms. The van der Waals surface area contributed by atoms with E-state index >= 15 is 0 Å². The Bertz CT molecular complexity index is 527. The molecule has 5 nitrogen and oxygen atoms in total. The van der Waals surface area contributed by atoms with Gasteiger partial charge in [0.15, 0.2) is 11.5 Å². The molecule has 0 aliphatic heterocycles. The highest BCUT2D eigenvalue weighted by Gasteiger charge is 2.28. The summed E-state index contributed by atoms with van der Waals surface area (Å²) in [6.07, 6.45) is 1.51. The van der Waals surface area contributed by atoms with Gasteiger partial charge >= 0.3 is 0 Å². The Morgan fingerprint density at radius 1 is 1.32 bits per heavy atom. The molecule has 0 spiro atoms. The third-order valence-corrected chi connectivity index (χ3v) is 3.87. The molecule has 3 N–H and O–H groups in total. The van der Waals surface area contributed by atoms with Crippen LogP contribution in [0.3, 0.4) is 0 Å². The van der Waals surface area contributed by atoms with Crippen LogP contribution in [0.1, 0.15) is 50.8 Å². The van der Waals surface area contributed by atoms with Crippen LogP contribution in [0.25, 0.3) is 0 Å². The number of rotatable bonds is 7. The molecule has 0 aliphatic rings. The van der Waals surface area contributed by atoms with Gasteiger partial charge in [0.25, 0.3) is 0 Å². The fraction of sp³-hybridized carbons (Fsp3) is 0.588. The second-order valence-electron chi connectivity index (χ2n) is 5.93. The van der Waals surface area contributed by atoms with E-state index in [1.54, 1.807) is 21.1 Å². The number of nitrogens with two attached hydrogens (primary N) is 1. The summed E-state index contributed by atoms with van der Waals surface area (Å²) in [7, 11) is 3.20. The van der Waals surface area contributed by atoms with Crippen LogP contribution in [0.4, 0.5) is 0 Å². The van der Waals surface area contributed by atoms with Crippen molar-refractivity contribution in [3.63, 3.8) is 0 Å². The first-order valence-corrected chi connectivity index (χ1v) is 7.59. The largest absolute Gasteiger partial charge is 0.493 e. The van der Waals surface area contributed by atoms with E-state index in [2.05, 4.69) is 5.32 Å². The molecule has 0 fully saturated rings. The zero-order valence-electron chi connectivity index (χ0n) is 14.4. The lowest BCUT2D eigenvalue weighted by molar-refractivity contribution is -0.126. The van der Waals surface area contributed by atoms with Gasteiger partial charge in [-0.2, -0.15) is 0 Å². The zero-order chi connectivity index (χ0) is 16.9. The standard InChI is InChI=1S/C17H28N2O3/c1-7-8-17(4,18)16(20)19-12(3)13-10-15(22-6)14(21-5)9-11(13)2/h9-10,12H,7-8,18H2,1-6H3,(H,19,20). The third kappa shape index (κ3) is 4.13. The summed E-state index contributed by atoms with van der Waals surface area (Å²) < 4.78 is 10.6. The lowest BCUT2D eigenvalue weighted by Gasteiger charge is -2.26. The first-order valence-electron chi connectivity index (χ1n) is 7.59. The number of hydrogen-bond donors (Lipinski definition) is 2. The van der Waals surface area contributed by atoms with E-state index in [9.17, 15) is 4.79 Å². The second kappa shape index (κ2) is 7.49. The Kier molecular flexibility index (Phi) is 6.23. The van der Waals surface area contributed by atoms with Gasteiger partial charge < -0.3 is 20.5 Å². The van der Waals surface area contributed by atoms with Crippen molar-refractivity contribution in [2.24, 2.45) is 5.73 Å². The third-order valence-electron chi connectivity index (χ3n) is 3.87. The maximum atomic E-state index is 12.3. The molecular weight excluding hydrogens is 280 g/mol. The Balaban J connectivity index is 2.99. The maximum absolute atomic E-state index is 12.3. The van der Waals surface area contributed by atoms with E-state index in [-0.39, 0.29) is 11.9 Å². The fourth-order valence-corrected chi connectivity index (χ4v) is 2.53. The average molecular weight is 308 g/mol. The minimum absolute atomic E-state index is 0.143. The van der Waals surface area contributed by atoms with Gasteiger partial charge in [0.05, 0.1) is 25.8 Å². The molecule has 1 aromatic rings. The quantitative estimate of drug-likeness (QED) is 0.812. The summed E-state index contributed by atoms with van der Waals surface area (Å²) >= 11 is 0. The lowest BCUT2D eigenvalue weighted by Crippen LogP contribution is -2.52. The SMILES string of the molecule is CCCC(C)(N)C(=O)NC(C)c1cc(OC)c(OC)cc1C. The molecule has 0 radical (unpaired) electrons. The summed E-state index contributed by atoms with van der Waals surface area (Å²) in [5.74, 6) is 1.18. The molecule has 0 heterocycles. The predicted octanol–water partition coefficient (Wildman–Crippen LogP) is 2.71. The minimum Gasteiger partial charge on any atom is -0.493 e. The minimum atomic E-state index is -0.854. The van der Waals surface area contributed by atoms with Gasteiger partial charge in [0, 0.05) is 0 Å². The summed E-state index contributed by atoms with van der Waals surface area (Å²) in [5, 5.41) is 2.99. The monoisotopic (exact) mass is 308 g/mol. The van der Waals surface area contributed by atoms with Gasteiger partial charge in [-0.25, -0.2) is 0 Å². The highest BCUT2D eigenvalue weighted by Crippen LogP contribution is 2.33. The number of methoxy groups -OCH3 is 2. The van der Waals surface area contributed by atoms with Crippen LogP contribution >= 0.6 is 0 Å². The highest BCUT2D eigenvalue weighted by atomic mass is 16.5. The van der Waals surface area contributed by atoms with E-state index in [0.717, 1.165) is 17.5 Å². The highest BCUT2D eigenvalue weighted by molar-refractivity contribution is 5.85. The summed E-state index contributed by atoms with van der Waals surface area (Å²) in [5.41, 5.74) is 7.24. The second-order valence-corrected chi connectivity index (χ2v) is 5.93. The predicted molar refractivity (Wildman–Crippen MR) is 88.3 cm³/mol. The van der Waals surface area contributed by atoms with Crippen LogP contribution in [0.15, 0.2) is 12.1 Å². The normalized spacial score (nSPS) is 14.9. The Labute approximate surface area is 133 Å². The molecule has 0 bridgehead atoms. The molecule has 0 saturated heterocycles. The van der Waals surface area contributed by atoms with E-state index < -0.39 is 5.54 Å². The molecule has 1 aromatic carbocycles. The van der Waals surface area contributed by atoms with Crippen molar-refractivity contribution in [3.8, 4) is 11.5 Å². The molecule has 124 valence electrons. The smallest absolute Gasteiger partial charge is 0.240 e. The van der Waals surface area contributed by atoms with Gasteiger partial charge in [-0.1, -0.05) is 13.3 Å². The number of amides is 1. The van der Waals surface area contributed by atoms with Crippen LogP contribution in [0.2, 0.25) is 0 Å². The molecule has 1 rings (SSSR count). The van der Waals surface area contributed by atoms with Crippen molar-refractivity contribution in [3.05, 3.63) is 23.3 Å². The molecule has 2 atom stereocenters. The van der Waals surface area contributed by atoms with E-state index in [0.29, 0.717) is 17.9 Å². The van der Waals surface area contributed by atoms with Gasteiger partial charge in [-0.3, -0.25) is 4.79 Å². The number of carbonyl (C=O) groups is 1. The Hall–Kier alpha value is -1.75. The van der Waals surface area contributed by atoms with Crippen LogP contribution in [-0.2, 0) is 4.79 Å². The first-order chi connectivity index (χ1) is 10.3. The Morgan fingerprint density at radius 3 is 2.36 bits per heavy atom. The first kappa shape index (κ1) is 18.3. The van der Waals surface area contributed by atoms with E-state index in [1.807, 2.05) is 32.9 Å². The zero-order valence-corrected chi connectivity index (χ0v) is 14.4. The van der Waals surface area contributed by atoms with Crippen molar-refractivity contribution in [1.29, 1.82) is 0 Å². The summed E-state index contributed by atoms with van der Waals surface area (Å²) in [6.45, 7) is 7.70. The van der Waals surface area contributed by atoms with Gasteiger partial charge in [-0.05, 0) is 50.5 Å². The number of carbonyl (C=O) groups excluding carboxylic acids is 1. The lowest BCUT2D eigenvalue weighted by atomic mass is 9.95. The van der Waals surface area contributed by atoms with Crippen molar-refractivity contribution < 1.29 is 14.3 Å². The summed E-state index contributed by atoms with van der Waals surface area (Å²) in [4.78, 5) is 12.3. The van der Waals surface area contributed by atoms with E-state index in [1.165, 1.54) is 0 Å². The maximum Gasteiger partial charge on any atom is 0.240 e. The van der Waals surface area contributed by atoms with Crippen LogP contribution < -0.4 is 20.5 Å². The van der Waals surface area contributed by atoms with E-state index in [4.69, 9.17) is 15.2 Å². The van der Waals surface area contributed by atoms with Crippen molar-refractivity contribution in [1.82, 2.24) is 5.32 Å². The molecule has 0 aromatic heterocycles. The van der Waals surface area contributed by atoms with Gasteiger partial charge in [0.1, 0.15) is 0 Å².